The molecule has 1 aromatic rings. The third kappa shape index (κ3) is 5.40. The minimum absolute atomic E-state index is 0.0176. The third-order valence-corrected chi connectivity index (χ3v) is 4.52. The van der Waals surface area contributed by atoms with Gasteiger partial charge in [-0.1, -0.05) is 37.5 Å². The monoisotopic (exact) mass is 316 g/mol. The van der Waals surface area contributed by atoms with Crippen LogP contribution in [0.2, 0.25) is 0 Å². The van der Waals surface area contributed by atoms with Crippen LogP contribution >= 0.6 is 11.8 Å². The molecule has 0 unspecified atom stereocenters. The van der Waals surface area contributed by atoms with Crippen molar-refractivity contribution in [3.63, 3.8) is 0 Å². The predicted octanol–water partition coefficient (Wildman–Crippen LogP) is 5.25. The molecular weight excluding hydrogens is 297 g/mol. The van der Waals surface area contributed by atoms with Gasteiger partial charge in [0.25, 0.3) is 0 Å². The van der Waals surface area contributed by atoms with Gasteiger partial charge in [0.1, 0.15) is 0 Å². The molecule has 1 aliphatic rings. The largest absolute Gasteiger partial charge is 0.446 e. The van der Waals surface area contributed by atoms with E-state index < -0.39 is 5.51 Å². The molecular formula is C16H19F3OS. The molecule has 1 nitrogen and oxygen atoms in total. The van der Waals surface area contributed by atoms with Gasteiger partial charge >= 0.3 is 5.51 Å². The van der Waals surface area contributed by atoms with Gasteiger partial charge in [-0.15, -0.1) is 0 Å². The van der Waals surface area contributed by atoms with Crippen LogP contribution in [-0.2, 0) is 0 Å². The molecule has 1 N–H and O–H groups in total. The van der Waals surface area contributed by atoms with Crippen LogP contribution in [0.5, 0.6) is 0 Å². The van der Waals surface area contributed by atoms with Gasteiger partial charge in [0.05, 0.1) is 6.61 Å². The van der Waals surface area contributed by atoms with E-state index in [0.717, 1.165) is 24.0 Å². The summed E-state index contributed by atoms with van der Waals surface area (Å²) >= 11 is -0.108. The fraction of sp³-hybridized carbons (Fsp3) is 0.500. The SMILES string of the molecule is OC/C(=C/c1ccc(SC(F)(F)F)cc1)C1CCCCC1. The highest BCUT2D eigenvalue weighted by Crippen LogP contribution is 2.37. The second-order valence-electron chi connectivity index (χ2n) is 5.33. The number of hydrogen-bond donors (Lipinski definition) is 1. The van der Waals surface area contributed by atoms with Crippen LogP contribution in [0, 0.1) is 5.92 Å². The molecule has 0 saturated heterocycles. The summed E-state index contributed by atoms with van der Waals surface area (Å²) in [5.41, 5.74) is -2.42. The summed E-state index contributed by atoms with van der Waals surface area (Å²) in [6.07, 6.45) is 7.71. The van der Waals surface area contributed by atoms with E-state index in [0.29, 0.717) is 5.92 Å². The Balaban J connectivity index is 2.07. The van der Waals surface area contributed by atoms with Gasteiger partial charge in [-0.25, -0.2) is 0 Å². The standard InChI is InChI=1S/C16H19F3OS/c17-16(18,19)21-15-8-6-12(7-9-15)10-14(11-20)13-4-2-1-3-5-13/h6-10,13,20H,1-5,11H2/b14-10-. The first-order chi connectivity index (χ1) is 9.98. The van der Waals surface area contributed by atoms with E-state index in [1.54, 1.807) is 12.1 Å². The molecule has 5 heteroatoms. The molecule has 21 heavy (non-hydrogen) atoms. The molecule has 0 amide bonds. The molecule has 0 aromatic heterocycles. The zero-order valence-electron chi connectivity index (χ0n) is 11.7. The highest BCUT2D eigenvalue weighted by atomic mass is 32.2. The minimum Gasteiger partial charge on any atom is -0.392 e. The van der Waals surface area contributed by atoms with Crippen molar-refractivity contribution >= 4 is 17.8 Å². The number of aliphatic hydroxyl groups excluding tert-OH is 1. The topological polar surface area (TPSA) is 20.2 Å². The van der Waals surface area contributed by atoms with E-state index in [2.05, 4.69) is 0 Å². The Morgan fingerprint density at radius 3 is 2.29 bits per heavy atom. The van der Waals surface area contributed by atoms with Gasteiger partial charge in [0.2, 0.25) is 0 Å². The summed E-state index contributed by atoms with van der Waals surface area (Å²) in [5, 5.41) is 9.53. The number of halogens is 3. The average molecular weight is 316 g/mol. The Kier molecular flexibility index (Phi) is 5.76. The van der Waals surface area contributed by atoms with Gasteiger partial charge in [-0.2, -0.15) is 13.2 Å². The van der Waals surface area contributed by atoms with Crippen molar-refractivity contribution in [1.82, 2.24) is 0 Å². The molecule has 0 radical (unpaired) electrons. The van der Waals surface area contributed by atoms with E-state index >= 15 is 0 Å². The zero-order chi connectivity index (χ0) is 15.3. The van der Waals surface area contributed by atoms with Crippen LogP contribution < -0.4 is 0 Å². The molecule has 1 fully saturated rings. The van der Waals surface area contributed by atoms with Crippen molar-refractivity contribution in [3.8, 4) is 0 Å². The van der Waals surface area contributed by atoms with Gasteiger partial charge in [0.15, 0.2) is 0 Å². The van der Waals surface area contributed by atoms with Crippen molar-refractivity contribution in [3.05, 3.63) is 35.4 Å². The van der Waals surface area contributed by atoms with Gasteiger partial charge < -0.3 is 5.11 Å². The summed E-state index contributed by atoms with van der Waals surface area (Å²) in [6, 6.07) is 6.29. The first-order valence-electron chi connectivity index (χ1n) is 7.15. The normalized spacial score (nSPS) is 18.0. The number of thioether (sulfide) groups is 1. The molecule has 116 valence electrons. The summed E-state index contributed by atoms with van der Waals surface area (Å²) in [6.45, 7) is 0.0176. The molecule has 1 aliphatic carbocycles. The maximum Gasteiger partial charge on any atom is 0.446 e. The van der Waals surface area contributed by atoms with Crippen molar-refractivity contribution in [1.29, 1.82) is 0 Å². The van der Waals surface area contributed by atoms with Crippen LogP contribution in [0.15, 0.2) is 34.7 Å². The minimum atomic E-state index is -4.25. The fourth-order valence-electron chi connectivity index (χ4n) is 2.75. The molecule has 2 rings (SSSR count). The maximum absolute atomic E-state index is 12.3. The first kappa shape index (κ1) is 16.4. The highest BCUT2D eigenvalue weighted by molar-refractivity contribution is 8.00. The molecule has 0 aliphatic heterocycles. The number of rotatable bonds is 4. The summed E-state index contributed by atoms with van der Waals surface area (Å²) < 4.78 is 36.8. The Labute approximate surface area is 127 Å². The predicted molar refractivity (Wildman–Crippen MR) is 80.0 cm³/mol. The van der Waals surface area contributed by atoms with Crippen LogP contribution in [0.4, 0.5) is 13.2 Å². The molecule has 0 spiro atoms. The number of benzene rings is 1. The highest BCUT2D eigenvalue weighted by Gasteiger charge is 2.29. The zero-order valence-corrected chi connectivity index (χ0v) is 12.5. The number of hydrogen-bond acceptors (Lipinski definition) is 2. The Morgan fingerprint density at radius 2 is 1.76 bits per heavy atom. The lowest BCUT2D eigenvalue weighted by molar-refractivity contribution is -0.0328. The summed E-state index contributed by atoms with van der Waals surface area (Å²) in [5.74, 6) is 0.410. The first-order valence-corrected chi connectivity index (χ1v) is 7.97. The molecule has 1 aromatic carbocycles. The van der Waals surface area contributed by atoms with Crippen LogP contribution in [-0.4, -0.2) is 17.2 Å². The van der Waals surface area contributed by atoms with Crippen molar-refractivity contribution < 1.29 is 18.3 Å². The molecule has 0 bridgehead atoms. The maximum atomic E-state index is 12.3. The van der Waals surface area contributed by atoms with Gasteiger partial charge in [0, 0.05) is 4.90 Å². The smallest absolute Gasteiger partial charge is 0.392 e. The lowest BCUT2D eigenvalue weighted by Gasteiger charge is -2.23. The Hall–Kier alpha value is -0.940. The average Bonchev–Trinajstić information content (AvgIpc) is 2.46. The van der Waals surface area contributed by atoms with Crippen LogP contribution in [0.1, 0.15) is 37.7 Å². The Morgan fingerprint density at radius 1 is 1.14 bits per heavy atom. The van der Waals surface area contributed by atoms with E-state index in [1.807, 2.05) is 6.08 Å². The molecule has 0 atom stereocenters. The lowest BCUT2D eigenvalue weighted by Crippen LogP contribution is -2.11. The van der Waals surface area contributed by atoms with Crippen molar-refractivity contribution in [2.75, 3.05) is 6.61 Å². The third-order valence-electron chi connectivity index (χ3n) is 3.78. The Bertz CT molecular complexity index is 473. The number of aliphatic hydroxyl groups is 1. The summed E-state index contributed by atoms with van der Waals surface area (Å²) in [4.78, 5) is 0.183. The molecule has 1 saturated carbocycles. The summed E-state index contributed by atoms with van der Waals surface area (Å²) in [7, 11) is 0. The van der Waals surface area contributed by atoms with E-state index in [9.17, 15) is 18.3 Å². The number of alkyl halides is 3. The lowest BCUT2D eigenvalue weighted by atomic mass is 9.83. The van der Waals surface area contributed by atoms with Gasteiger partial charge in [-0.3, -0.25) is 0 Å². The van der Waals surface area contributed by atoms with E-state index in [4.69, 9.17) is 0 Å². The fourth-order valence-corrected chi connectivity index (χ4v) is 3.29. The van der Waals surface area contributed by atoms with Gasteiger partial charge in [-0.05, 0) is 53.8 Å². The second kappa shape index (κ2) is 7.36. The van der Waals surface area contributed by atoms with Crippen LogP contribution in [0.25, 0.3) is 6.08 Å². The van der Waals surface area contributed by atoms with E-state index in [1.165, 1.54) is 31.4 Å². The quantitative estimate of drug-likeness (QED) is 0.765. The second-order valence-corrected chi connectivity index (χ2v) is 6.47. The van der Waals surface area contributed by atoms with Crippen LogP contribution in [0.3, 0.4) is 0 Å². The van der Waals surface area contributed by atoms with Crippen molar-refractivity contribution in [2.24, 2.45) is 5.92 Å². The molecule has 0 heterocycles. The van der Waals surface area contributed by atoms with Crippen molar-refractivity contribution in [2.45, 2.75) is 42.5 Å². The van der Waals surface area contributed by atoms with E-state index in [-0.39, 0.29) is 23.3 Å².